The molecule has 0 aliphatic heterocycles. The molecule has 0 heterocycles. The van der Waals surface area contributed by atoms with Crippen LogP contribution in [0.4, 0.5) is 0 Å². The molecule has 0 saturated carbocycles. The third kappa shape index (κ3) is 4.92. The summed E-state index contributed by atoms with van der Waals surface area (Å²) < 4.78 is 5.71. The van der Waals surface area contributed by atoms with Gasteiger partial charge in [0.25, 0.3) is 0 Å². The number of hydrogen-bond acceptors (Lipinski definition) is 2. The van der Waals surface area contributed by atoms with Crippen LogP contribution in [0.3, 0.4) is 0 Å². The molecule has 4 heteroatoms. The molecule has 0 saturated heterocycles. The Morgan fingerprint density at radius 1 is 1.10 bits per heavy atom. The summed E-state index contributed by atoms with van der Waals surface area (Å²) in [7, 11) is 0. The van der Waals surface area contributed by atoms with Gasteiger partial charge in [-0.1, -0.05) is 41.4 Å². The first-order chi connectivity index (χ1) is 10.1. The third-order valence-electron chi connectivity index (χ3n) is 3.25. The summed E-state index contributed by atoms with van der Waals surface area (Å²) in [5, 5.41) is 4.57. The lowest BCUT2D eigenvalue weighted by Gasteiger charge is -2.15. The first-order valence-corrected chi connectivity index (χ1v) is 7.69. The molecule has 2 aromatic rings. The SMILES string of the molecule is Cc1cccc(OCCNC(C)c2ccc(Cl)c(Cl)c2)c1. The van der Waals surface area contributed by atoms with Crippen LogP contribution in [0, 0.1) is 6.92 Å². The van der Waals surface area contributed by atoms with Crippen LogP contribution in [0.2, 0.25) is 10.0 Å². The zero-order valence-corrected chi connectivity index (χ0v) is 13.7. The second-order valence-corrected chi connectivity index (χ2v) is 5.83. The molecule has 2 aromatic carbocycles. The van der Waals surface area contributed by atoms with E-state index in [0.29, 0.717) is 16.7 Å². The van der Waals surface area contributed by atoms with Crippen molar-refractivity contribution in [3.63, 3.8) is 0 Å². The van der Waals surface area contributed by atoms with E-state index in [1.54, 1.807) is 0 Å². The molecular weight excluding hydrogens is 305 g/mol. The Morgan fingerprint density at radius 3 is 2.62 bits per heavy atom. The Morgan fingerprint density at radius 2 is 1.90 bits per heavy atom. The highest BCUT2D eigenvalue weighted by molar-refractivity contribution is 6.42. The maximum atomic E-state index is 6.03. The van der Waals surface area contributed by atoms with Gasteiger partial charge in [0, 0.05) is 12.6 Å². The van der Waals surface area contributed by atoms with Crippen molar-refractivity contribution in [3.05, 3.63) is 63.6 Å². The van der Waals surface area contributed by atoms with Gasteiger partial charge in [0.15, 0.2) is 0 Å². The summed E-state index contributed by atoms with van der Waals surface area (Å²) in [5.41, 5.74) is 2.31. The number of aryl methyl sites for hydroxylation is 1. The Bertz CT molecular complexity index is 601. The molecule has 0 aliphatic rings. The van der Waals surface area contributed by atoms with E-state index in [0.717, 1.165) is 17.9 Å². The average molecular weight is 324 g/mol. The van der Waals surface area contributed by atoms with Gasteiger partial charge >= 0.3 is 0 Å². The Balaban J connectivity index is 1.79. The minimum Gasteiger partial charge on any atom is -0.492 e. The number of nitrogens with one attached hydrogen (secondary N) is 1. The predicted molar refractivity (Wildman–Crippen MR) is 89.6 cm³/mol. The van der Waals surface area contributed by atoms with Crippen molar-refractivity contribution in [2.24, 2.45) is 0 Å². The molecule has 0 fully saturated rings. The molecule has 0 radical (unpaired) electrons. The van der Waals surface area contributed by atoms with Crippen LogP contribution in [0.25, 0.3) is 0 Å². The number of ether oxygens (including phenoxy) is 1. The minimum atomic E-state index is 0.195. The van der Waals surface area contributed by atoms with Crippen molar-refractivity contribution in [1.82, 2.24) is 5.32 Å². The summed E-state index contributed by atoms with van der Waals surface area (Å²) in [6.45, 7) is 5.52. The number of halogens is 2. The highest BCUT2D eigenvalue weighted by Crippen LogP contribution is 2.25. The molecule has 0 amide bonds. The van der Waals surface area contributed by atoms with Crippen LogP contribution in [0.15, 0.2) is 42.5 Å². The van der Waals surface area contributed by atoms with Crippen LogP contribution in [-0.4, -0.2) is 13.2 Å². The summed E-state index contributed by atoms with van der Waals surface area (Å²) in [5.74, 6) is 0.902. The maximum Gasteiger partial charge on any atom is 0.119 e. The molecule has 21 heavy (non-hydrogen) atoms. The normalized spacial score (nSPS) is 12.2. The van der Waals surface area contributed by atoms with Crippen molar-refractivity contribution in [2.45, 2.75) is 19.9 Å². The molecule has 2 rings (SSSR count). The van der Waals surface area contributed by atoms with Gasteiger partial charge < -0.3 is 10.1 Å². The average Bonchev–Trinajstić information content (AvgIpc) is 2.46. The third-order valence-corrected chi connectivity index (χ3v) is 3.99. The Hall–Kier alpha value is -1.22. The summed E-state index contributed by atoms with van der Waals surface area (Å²) >= 11 is 12.0. The van der Waals surface area contributed by atoms with Crippen molar-refractivity contribution in [1.29, 1.82) is 0 Å². The lowest BCUT2D eigenvalue weighted by atomic mass is 10.1. The van der Waals surface area contributed by atoms with E-state index in [1.807, 2.05) is 36.4 Å². The Kier molecular flexibility index (Phi) is 5.92. The van der Waals surface area contributed by atoms with Gasteiger partial charge in [-0.2, -0.15) is 0 Å². The van der Waals surface area contributed by atoms with Crippen LogP contribution >= 0.6 is 23.2 Å². The van der Waals surface area contributed by atoms with E-state index in [9.17, 15) is 0 Å². The molecule has 0 spiro atoms. The van der Waals surface area contributed by atoms with Crippen molar-refractivity contribution in [2.75, 3.05) is 13.2 Å². The number of benzene rings is 2. The van der Waals surface area contributed by atoms with Gasteiger partial charge in [0.1, 0.15) is 12.4 Å². The van der Waals surface area contributed by atoms with Gasteiger partial charge in [0.05, 0.1) is 10.0 Å². The van der Waals surface area contributed by atoms with E-state index < -0.39 is 0 Å². The van der Waals surface area contributed by atoms with Crippen molar-refractivity contribution in [3.8, 4) is 5.75 Å². The molecule has 112 valence electrons. The quantitative estimate of drug-likeness (QED) is 0.752. The van der Waals surface area contributed by atoms with Gasteiger partial charge in [-0.25, -0.2) is 0 Å². The smallest absolute Gasteiger partial charge is 0.119 e. The van der Waals surface area contributed by atoms with Gasteiger partial charge in [-0.3, -0.25) is 0 Å². The zero-order valence-electron chi connectivity index (χ0n) is 12.2. The maximum absolute atomic E-state index is 6.03. The fourth-order valence-corrected chi connectivity index (χ4v) is 2.36. The summed E-state index contributed by atoms with van der Waals surface area (Å²) in [6, 6.07) is 13.9. The fraction of sp³-hybridized carbons (Fsp3) is 0.294. The zero-order chi connectivity index (χ0) is 15.2. The molecule has 0 aromatic heterocycles. The molecule has 1 atom stereocenters. The van der Waals surface area contributed by atoms with E-state index in [-0.39, 0.29) is 6.04 Å². The summed E-state index contributed by atoms with van der Waals surface area (Å²) in [4.78, 5) is 0. The molecular formula is C17H19Cl2NO. The largest absolute Gasteiger partial charge is 0.492 e. The van der Waals surface area contributed by atoms with Gasteiger partial charge in [0.2, 0.25) is 0 Å². The monoisotopic (exact) mass is 323 g/mol. The van der Waals surface area contributed by atoms with Crippen molar-refractivity contribution >= 4 is 23.2 Å². The lowest BCUT2D eigenvalue weighted by Crippen LogP contribution is -2.24. The van der Waals surface area contributed by atoms with Gasteiger partial charge in [-0.15, -0.1) is 0 Å². The first-order valence-electron chi connectivity index (χ1n) is 6.94. The predicted octanol–water partition coefficient (Wildman–Crippen LogP) is 5.03. The molecule has 1 N–H and O–H groups in total. The topological polar surface area (TPSA) is 21.3 Å². The van der Waals surface area contributed by atoms with E-state index in [4.69, 9.17) is 27.9 Å². The molecule has 1 unspecified atom stereocenters. The summed E-state index contributed by atoms with van der Waals surface area (Å²) in [6.07, 6.45) is 0. The number of hydrogen-bond donors (Lipinski definition) is 1. The lowest BCUT2D eigenvalue weighted by molar-refractivity contribution is 0.307. The van der Waals surface area contributed by atoms with Crippen LogP contribution < -0.4 is 10.1 Å². The second-order valence-electron chi connectivity index (χ2n) is 5.01. The van der Waals surface area contributed by atoms with E-state index in [1.165, 1.54) is 5.56 Å². The number of rotatable bonds is 6. The molecule has 2 nitrogen and oxygen atoms in total. The van der Waals surface area contributed by atoms with Crippen LogP contribution in [-0.2, 0) is 0 Å². The fourth-order valence-electron chi connectivity index (χ4n) is 2.05. The second kappa shape index (κ2) is 7.69. The first kappa shape index (κ1) is 16.2. The minimum absolute atomic E-state index is 0.195. The highest BCUT2D eigenvalue weighted by atomic mass is 35.5. The standard InChI is InChI=1S/C17H19Cl2NO/c1-12-4-3-5-15(10-12)21-9-8-20-13(2)14-6-7-16(18)17(19)11-14/h3-7,10-11,13,20H,8-9H2,1-2H3. The molecule has 0 bridgehead atoms. The van der Waals surface area contributed by atoms with Gasteiger partial charge in [-0.05, 0) is 49.2 Å². The van der Waals surface area contributed by atoms with E-state index >= 15 is 0 Å². The van der Waals surface area contributed by atoms with Crippen molar-refractivity contribution < 1.29 is 4.74 Å². The van der Waals surface area contributed by atoms with Crippen LogP contribution in [0.1, 0.15) is 24.1 Å². The van der Waals surface area contributed by atoms with Crippen LogP contribution in [0.5, 0.6) is 5.75 Å². The molecule has 0 aliphatic carbocycles. The Labute approximate surface area is 136 Å². The van der Waals surface area contributed by atoms with E-state index in [2.05, 4.69) is 25.2 Å². The highest BCUT2D eigenvalue weighted by Gasteiger charge is 2.07.